The SMILES string of the molecule is Cc1ccc(C(=O)c2cnc3ccccc3n2)cn1. The Kier molecular flexibility index (Phi) is 2.76. The molecule has 4 nitrogen and oxygen atoms in total. The van der Waals surface area contributed by atoms with Gasteiger partial charge >= 0.3 is 0 Å². The van der Waals surface area contributed by atoms with E-state index in [-0.39, 0.29) is 5.78 Å². The molecule has 0 fully saturated rings. The Balaban J connectivity index is 2.04. The lowest BCUT2D eigenvalue weighted by atomic mass is 10.1. The quantitative estimate of drug-likeness (QED) is 0.655. The molecule has 1 aromatic carbocycles. The van der Waals surface area contributed by atoms with Gasteiger partial charge in [-0.3, -0.25) is 14.8 Å². The number of benzene rings is 1. The number of pyridine rings is 1. The van der Waals surface area contributed by atoms with Gasteiger partial charge in [0, 0.05) is 17.5 Å². The molecule has 0 aliphatic rings. The van der Waals surface area contributed by atoms with Gasteiger partial charge in [0.1, 0.15) is 5.69 Å². The molecule has 0 aliphatic carbocycles. The van der Waals surface area contributed by atoms with Crippen molar-refractivity contribution in [3.8, 4) is 0 Å². The van der Waals surface area contributed by atoms with Crippen LogP contribution in [0.3, 0.4) is 0 Å². The molecule has 0 unspecified atom stereocenters. The Morgan fingerprint density at radius 1 is 0.947 bits per heavy atom. The number of aryl methyl sites for hydroxylation is 1. The van der Waals surface area contributed by atoms with Crippen LogP contribution in [-0.4, -0.2) is 20.7 Å². The Morgan fingerprint density at radius 2 is 1.74 bits per heavy atom. The van der Waals surface area contributed by atoms with E-state index < -0.39 is 0 Å². The van der Waals surface area contributed by atoms with Crippen molar-refractivity contribution < 1.29 is 4.79 Å². The third-order valence-corrected chi connectivity index (χ3v) is 2.85. The molecule has 0 spiro atoms. The van der Waals surface area contributed by atoms with Gasteiger partial charge in [-0.05, 0) is 31.2 Å². The van der Waals surface area contributed by atoms with Gasteiger partial charge in [-0.25, -0.2) is 4.98 Å². The van der Waals surface area contributed by atoms with E-state index in [0.29, 0.717) is 16.8 Å². The molecule has 0 radical (unpaired) electrons. The van der Waals surface area contributed by atoms with Gasteiger partial charge in [-0.15, -0.1) is 0 Å². The van der Waals surface area contributed by atoms with Crippen LogP contribution in [0.2, 0.25) is 0 Å². The van der Waals surface area contributed by atoms with Crippen molar-refractivity contribution >= 4 is 16.8 Å². The minimum absolute atomic E-state index is 0.161. The van der Waals surface area contributed by atoms with Crippen LogP contribution in [0.25, 0.3) is 11.0 Å². The molecule has 2 heterocycles. The monoisotopic (exact) mass is 249 g/mol. The number of hydrogen-bond donors (Lipinski definition) is 0. The van der Waals surface area contributed by atoms with Crippen LogP contribution in [0.5, 0.6) is 0 Å². The maximum Gasteiger partial charge on any atom is 0.214 e. The summed E-state index contributed by atoms with van der Waals surface area (Å²) >= 11 is 0. The molecule has 0 saturated heterocycles. The van der Waals surface area contributed by atoms with Crippen LogP contribution in [0.4, 0.5) is 0 Å². The van der Waals surface area contributed by atoms with Crippen molar-refractivity contribution in [1.82, 2.24) is 15.0 Å². The molecule has 3 rings (SSSR count). The Morgan fingerprint density at radius 3 is 2.47 bits per heavy atom. The van der Waals surface area contributed by atoms with Crippen molar-refractivity contribution in [2.45, 2.75) is 6.92 Å². The van der Waals surface area contributed by atoms with Crippen LogP contribution in [-0.2, 0) is 0 Å². The van der Waals surface area contributed by atoms with Gasteiger partial charge in [-0.2, -0.15) is 0 Å². The zero-order chi connectivity index (χ0) is 13.2. The number of carbonyl (C=O) groups is 1. The topological polar surface area (TPSA) is 55.7 Å². The Bertz CT molecular complexity index is 751. The van der Waals surface area contributed by atoms with E-state index in [2.05, 4.69) is 15.0 Å². The number of fused-ring (bicyclic) bond motifs is 1. The van der Waals surface area contributed by atoms with Gasteiger partial charge in [0.2, 0.25) is 5.78 Å². The number of aromatic nitrogens is 3. The summed E-state index contributed by atoms with van der Waals surface area (Å²) in [5.41, 5.74) is 3.23. The zero-order valence-corrected chi connectivity index (χ0v) is 10.4. The first-order valence-electron chi connectivity index (χ1n) is 5.93. The largest absolute Gasteiger partial charge is 0.287 e. The third kappa shape index (κ3) is 2.20. The number of rotatable bonds is 2. The van der Waals surface area contributed by atoms with Crippen molar-refractivity contribution in [3.63, 3.8) is 0 Å². The highest BCUT2D eigenvalue weighted by molar-refractivity contribution is 6.07. The summed E-state index contributed by atoms with van der Waals surface area (Å²) in [6.07, 6.45) is 3.07. The van der Waals surface area contributed by atoms with Gasteiger partial charge < -0.3 is 0 Å². The van der Waals surface area contributed by atoms with E-state index in [4.69, 9.17) is 0 Å². The van der Waals surface area contributed by atoms with Crippen LogP contribution in [0.1, 0.15) is 21.7 Å². The molecule has 0 aliphatic heterocycles. The van der Waals surface area contributed by atoms with Gasteiger partial charge in [0.25, 0.3) is 0 Å². The van der Waals surface area contributed by atoms with E-state index in [9.17, 15) is 4.79 Å². The second-order valence-electron chi connectivity index (χ2n) is 4.26. The first kappa shape index (κ1) is 11.5. The van der Waals surface area contributed by atoms with Crippen molar-refractivity contribution in [2.75, 3.05) is 0 Å². The highest BCUT2D eigenvalue weighted by Crippen LogP contribution is 2.11. The molecule has 0 N–H and O–H groups in total. The maximum absolute atomic E-state index is 12.3. The summed E-state index contributed by atoms with van der Waals surface area (Å²) in [5, 5.41) is 0. The molecular formula is C15H11N3O. The molecule has 19 heavy (non-hydrogen) atoms. The van der Waals surface area contributed by atoms with Crippen molar-refractivity contribution in [1.29, 1.82) is 0 Å². The van der Waals surface area contributed by atoms with Gasteiger partial charge in [-0.1, -0.05) is 12.1 Å². The first-order chi connectivity index (χ1) is 9.24. The highest BCUT2D eigenvalue weighted by atomic mass is 16.1. The summed E-state index contributed by atoms with van der Waals surface area (Å²) in [4.78, 5) is 25.0. The molecule has 0 saturated carbocycles. The fraction of sp³-hybridized carbons (Fsp3) is 0.0667. The standard InChI is InChI=1S/C15H11N3O/c1-10-6-7-11(8-16-10)15(19)14-9-17-12-4-2-3-5-13(12)18-14/h2-9H,1H3. The average molecular weight is 249 g/mol. The van der Waals surface area contributed by atoms with E-state index in [1.807, 2.05) is 37.3 Å². The fourth-order valence-corrected chi connectivity index (χ4v) is 1.82. The van der Waals surface area contributed by atoms with Crippen molar-refractivity contribution in [3.05, 3.63) is 65.7 Å². The predicted octanol–water partition coefficient (Wildman–Crippen LogP) is 2.56. The van der Waals surface area contributed by atoms with Crippen LogP contribution in [0, 0.1) is 6.92 Å². The Labute approximate surface area is 110 Å². The van der Waals surface area contributed by atoms with Gasteiger partial charge in [0.05, 0.1) is 17.2 Å². The molecule has 0 atom stereocenters. The smallest absolute Gasteiger partial charge is 0.214 e. The van der Waals surface area contributed by atoms with E-state index in [1.54, 1.807) is 12.3 Å². The van der Waals surface area contributed by atoms with Crippen LogP contribution < -0.4 is 0 Å². The zero-order valence-electron chi connectivity index (χ0n) is 10.4. The number of para-hydroxylation sites is 2. The maximum atomic E-state index is 12.3. The lowest BCUT2D eigenvalue weighted by molar-refractivity contribution is 0.103. The summed E-state index contributed by atoms with van der Waals surface area (Å²) in [7, 11) is 0. The van der Waals surface area contributed by atoms with E-state index in [0.717, 1.165) is 11.2 Å². The summed E-state index contributed by atoms with van der Waals surface area (Å²) in [6.45, 7) is 1.88. The second kappa shape index (κ2) is 4.57. The number of nitrogens with zero attached hydrogens (tertiary/aromatic N) is 3. The lowest BCUT2D eigenvalue weighted by Gasteiger charge is -2.02. The molecule has 3 aromatic rings. The molecular weight excluding hydrogens is 238 g/mol. The average Bonchev–Trinajstić information content (AvgIpc) is 2.47. The van der Waals surface area contributed by atoms with Crippen LogP contribution in [0.15, 0.2) is 48.8 Å². The van der Waals surface area contributed by atoms with E-state index >= 15 is 0 Å². The lowest BCUT2D eigenvalue weighted by Crippen LogP contribution is -2.05. The molecule has 0 bridgehead atoms. The Hall–Kier alpha value is -2.62. The minimum atomic E-state index is -0.161. The third-order valence-electron chi connectivity index (χ3n) is 2.85. The number of carbonyl (C=O) groups excluding carboxylic acids is 1. The van der Waals surface area contributed by atoms with Gasteiger partial charge in [0.15, 0.2) is 0 Å². The minimum Gasteiger partial charge on any atom is -0.287 e. The summed E-state index contributed by atoms with van der Waals surface area (Å²) < 4.78 is 0. The molecule has 2 aromatic heterocycles. The summed E-state index contributed by atoms with van der Waals surface area (Å²) in [5.74, 6) is -0.161. The fourth-order valence-electron chi connectivity index (χ4n) is 1.82. The molecule has 4 heteroatoms. The predicted molar refractivity (Wildman–Crippen MR) is 71.9 cm³/mol. The molecule has 92 valence electrons. The second-order valence-corrected chi connectivity index (χ2v) is 4.26. The number of hydrogen-bond acceptors (Lipinski definition) is 4. The van der Waals surface area contributed by atoms with Crippen molar-refractivity contribution in [2.24, 2.45) is 0 Å². The first-order valence-corrected chi connectivity index (χ1v) is 5.93. The molecule has 0 amide bonds. The summed E-state index contributed by atoms with van der Waals surface area (Å²) in [6, 6.07) is 11.0. The highest BCUT2D eigenvalue weighted by Gasteiger charge is 2.12. The number of ketones is 1. The normalized spacial score (nSPS) is 10.6. The van der Waals surface area contributed by atoms with Crippen LogP contribution >= 0.6 is 0 Å². The van der Waals surface area contributed by atoms with E-state index in [1.165, 1.54) is 6.20 Å².